The Kier molecular flexibility index (Phi) is 5.07. The molecule has 0 aliphatic heterocycles. The van der Waals surface area contributed by atoms with Crippen LogP contribution >= 0.6 is 11.6 Å². The summed E-state index contributed by atoms with van der Waals surface area (Å²) in [5, 5.41) is 12.5. The fourth-order valence-corrected chi connectivity index (χ4v) is 3.77. The van der Waals surface area contributed by atoms with E-state index in [2.05, 4.69) is 20.6 Å². The smallest absolute Gasteiger partial charge is 0.196 e. The summed E-state index contributed by atoms with van der Waals surface area (Å²) in [6.45, 7) is 7.63. The first-order chi connectivity index (χ1) is 14.2. The summed E-state index contributed by atoms with van der Waals surface area (Å²) in [6.07, 6.45) is 1.73. The highest BCUT2D eigenvalue weighted by Gasteiger charge is 2.20. The van der Waals surface area contributed by atoms with E-state index in [0.29, 0.717) is 33.1 Å². The Morgan fingerprint density at radius 3 is 2.63 bits per heavy atom. The molecule has 8 heteroatoms. The first-order valence-electron chi connectivity index (χ1n) is 9.59. The third-order valence-electron chi connectivity index (χ3n) is 5.12. The summed E-state index contributed by atoms with van der Waals surface area (Å²) in [6, 6.07) is 7.38. The van der Waals surface area contributed by atoms with Crippen LogP contribution in [0.3, 0.4) is 0 Å². The highest BCUT2D eigenvalue weighted by Crippen LogP contribution is 2.32. The number of anilines is 1. The molecule has 30 heavy (non-hydrogen) atoms. The molecule has 4 rings (SSSR count). The number of hydrogen-bond donors (Lipinski definition) is 1. The third-order valence-corrected chi connectivity index (χ3v) is 5.33. The fourth-order valence-electron chi connectivity index (χ4n) is 3.58. The van der Waals surface area contributed by atoms with E-state index in [1.54, 1.807) is 30.9 Å². The highest BCUT2D eigenvalue weighted by atomic mass is 35.5. The molecule has 3 heterocycles. The lowest BCUT2D eigenvalue weighted by atomic mass is 9.99. The molecule has 0 saturated heterocycles. The largest absolute Gasteiger partial charge is 0.453 e. The van der Waals surface area contributed by atoms with Crippen LogP contribution in [0.2, 0.25) is 5.15 Å². The summed E-state index contributed by atoms with van der Waals surface area (Å²) < 4.78 is 7.85. The Morgan fingerprint density at radius 2 is 1.97 bits per heavy atom. The maximum Gasteiger partial charge on any atom is 0.196 e. The van der Waals surface area contributed by atoms with Crippen molar-refractivity contribution in [2.24, 2.45) is 7.05 Å². The van der Waals surface area contributed by atoms with Gasteiger partial charge in [0, 0.05) is 18.2 Å². The number of fused-ring (bicyclic) bond motifs is 1. The SMILES string of the molecule is Cc1cc(C(C)Nc2ccc(Cl)nc2C)c2oc(-c3cn(C)nn3)c(C)c(=O)c2c1. The minimum Gasteiger partial charge on any atom is -0.453 e. The van der Waals surface area contributed by atoms with E-state index < -0.39 is 0 Å². The van der Waals surface area contributed by atoms with Crippen molar-refractivity contribution in [2.45, 2.75) is 33.7 Å². The van der Waals surface area contributed by atoms with Crippen LogP contribution in [0.15, 0.2) is 39.7 Å². The molecule has 0 aliphatic carbocycles. The van der Waals surface area contributed by atoms with Gasteiger partial charge in [-0.25, -0.2) is 4.98 Å². The molecule has 1 atom stereocenters. The Labute approximate surface area is 178 Å². The molecule has 0 radical (unpaired) electrons. The molecular formula is C22H22ClN5O2. The van der Waals surface area contributed by atoms with Crippen molar-refractivity contribution in [3.8, 4) is 11.5 Å². The van der Waals surface area contributed by atoms with Gasteiger partial charge in [-0.2, -0.15) is 0 Å². The van der Waals surface area contributed by atoms with Gasteiger partial charge in [0.05, 0.1) is 29.0 Å². The average Bonchev–Trinajstić information content (AvgIpc) is 3.12. The van der Waals surface area contributed by atoms with Gasteiger partial charge in [0.15, 0.2) is 11.2 Å². The van der Waals surface area contributed by atoms with Gasteiger partial charge in [0.1, 0.15) is 16.4 Å². The molecule has 3 aromatic heterocycles. The van der Waals surface area contributed by atoms with Gasteiger partial charge < -0.3 is 9.73 Å². The predicted octanol–water partition coefficient (Wildman–Crippen LogP) is 4.74. The van der Waals surface area contributed by atoms with Crippen LogP contribution in [-0.2, 0) is 7.05 Å². The van der Waals surface area contributed by atoms with Crippen LogP contribution in [0.4, 0.5) is 5.69 Å². The molecule has 1 N–H and O–H groups in total. The van der Waals surface area contributed by atoms with Gasteiger partial charge >= 0.3 is 0 Å². The minimum atomic E-state index is -0.144. The Hall–Kier alpha value is -3.19. The number of hydrogen-bond acceptors (Lipinski definition) is 6. The molecule has 1 unspecified atom stereocenters. The Bertz CT molecular complexity index is 1330. The van der Waals surface area contributed by atoms with Crippen LogP contribution in [0.5, 0.6) is 0 Å². The number of pyridine rings is 1. The van der Waals surface area contributed by atoms with Crippen molar-refractivity contribution in [1.29, 1.82) is 0 Å². The van der Waals surface area contributed by atoms with E-state index in [4.69, 9.17) is 16.0 Å². The molecule has 0 fully saturated rings. The molecule has 0 spiro atoms. The van der Waals surface area contributed by atoms with Crippen molar-refractivity contribution >= 4 is 28.3 Å². The minimum absolute atomic E-state index is 0.0709. The van der Waals surface area contributed by atoms with E-state index in [9.17, 15) is 4.79 Å². The van der Waals surface area contributed by atoms with E-state index in [-0.39, 0.29) is 11.5 Å². The van der Waals surface area contributed by atoms with Crippen LogP contribution in [-0.4, -0.2) is 20.0 Å². The fraction of sp³-hybridized carbons (Fsp3) is 0.273. The number of aryl methyl sites for hydroxylation is 3. The molecule has 0 aliphatic rings. The molecule has 0 saturated carbocycles. The lowest BCUT2D eigenvalue weighted by molar-refractivity contribution is 0.602. The van der Waals surface area contributed by atoms with E-state index in [1.807, 2.05) is 39.0 Å². The number of aromatic nitrogens is 4. The van der Waals surface area contributed by atoms with Crippen LogP contribution in [0.1, 0.15) is 35.3 Å². The van der Waals surface area contributed by atoms with Gasteiger partial charge in [-0.05, 0) is 51.5 Å². The van der Waals surface area contributed by atoms with Crippen molar-refractivity contribution in [1.82, 2.24) is 20.0 Å². The maximum atomic E-state index is 13.1. The average molecular weight is 424 g/mol. The predicted molar refractivity (Wildman–Crippen MR) is 118 cm³/mol. The zero-order chi connectivity index (χ0) is 21.6. The third kappa shape index (κ3) is 3.57. The lowest BCUT2D eigenvalue weighted by Gasteiger charge is -2.19. The number of rotatable bonds is 4. The Balaban J connectivity index is 1.88. The quantitative estimate of drug-likeness (QED) is 0.477. The lowest BCUT2D eigenvalue weighted by Crippen LogP contribution is -2.13. The second-order valence-electron chi connectivity index (χ2n) is 7.53. The topological polar surface area (TPSA) is 85.8 Å². The monoisotopic (exact) mass is 423 g/mol. The van der Waals surface area contributed by atoms with Crippen LogP contribution in [0, 0.1) is 20.8 Å². The molecule has 154 valence electrons. The van der Waals surface area contributed by atoms with E-state index in [0.717, 1.165) is 22.5 Å². The zero-order valence-electron chi connectivity index (χ0n) is 17.4. The van der Waals surface area contributed by atoms with Crippen molar-refractivity contribution in [3.05, 3.63) is 68.2 Å². The van der Waals surface area contributed by atoms with Gasteiger partial charge in [-0.3, -0.25) is 9.48 Å². The van der Waals surface area contributed by atoms with Gasteiger partial charge in [0.2, 0.25) is 0 Å². The summed E-state index contributed by atoms with van der Waals surface area (Å²) in [5.41, 5.74) is 5.03. The normalized spacial score (nSPS) is 12.3. The molecule has 4 aromatic rings. The molecule has 7 nitrogen and oxygen atoms in total. The number of nitrogens with zero attached hydrogens (tertiary/aromatic N) is 4. The summed E-state index contributed by atoms with van der Waals surface area (Å²) >= 11 is 5.98. The first-order valence-corrected chi connectivity index (χ1v) is 9.96. The first kappa shape index (κ1) is 20.1. The summed E-state index contributed by atoms with van der Waals surface area (Å²) in [5.74, 6) is 0.433. The number of benzene rings is 1. The van der Waals surface area contributed by atoms with E-state index in [1.165, 1.54) is 0 Å². The second-order valence-corrected chi connectivity index (χ2v) is 7.91. The van der Waals surface area contributed by atoms with Crippen LogP contribution in [0.25, 0.3) is 22.4 Å². The number of nitrogens with one attached hydrogen (secondary N) is 1. The van der Waals surface area contributed by atoms with Crippen molar-refractivity contribution < 1.29 is 4.42 Å². The van der Waals surface area contributed by atoms with Gasteiger partial charge in [-0.15, -0.1) is 5.10 Å². The molecule has 0 amide bonds. The van der Waals surface area contributed by atoms with Crippen molar-refractivity contribution in [3.63, 3.8) is 0 Å². The van der Waals surface area contributed by atoms with Gasteiger partial charge in [-0.1, -0.05) is 22.9 Å². The summed E-state index contributed by atoms with van der Waals surface area (Å²) in [7, 11) is 1.77. The van der Waals surface area contributed by atoms with Crippen LogP contribution < -0.4 is 10.7 Å². The second kappa shape index (κ2) is 7.57. The maximum absolute atomic E-state index is 13.1. The highest BCUT2D eigenvalue weighted by molar-refractivity contribution is 6.29. The van der Waals surface area contributed by atoms with Crippen molar-refractivity contribution in [2.75, 3.05) is 5.32 Å². The molecular weight excluding hydrogens is 402 g/mol. The zero-order valence-corrected chi connectivity index (χ0v) is 18.2. The van der Waals surface area contributed by atoms with Gasteiger partial charge in [0.25, 0.3) is 0 Å². The molecule has 0 bridgehead atoms. The standard InChI is InChI=1S/C22H22ClN5O2/c1-11-8-15(13(3)24-17-6-7-19(23)25-14(17)4)22-16(9-11)20(29)12(2)21(30-22)18-10-28(5)27-26-18/h6-10,13,24H,1-5H3. The Morgan fingerprint density at radius 1 is 1.20 bits per heavy atom. The van der Waals surface area contributed by atoms with E-state index >= 15 is 0 Å². The summed E-state index contributed by atoms with van der Waals surface area (Å²) in [4.78, 5) is 17.4. The number of halogens is 1. The molecule has 1 aromatic carbocycles.